The maximum atomic E-state index is 3.46. The van der Waals surface area contributed by atoms with Gasteiger partial charge in [0.25, 0.3) is 0 Å². The quantitative estimate of drug-likeness (QED) is 0.268. The minimum Gasteiger partial charge on any atom is -0.293 e. The van der Waals surface area contributed by atoms with Crippen LogP contribution in [-0.4, -0.2) is 44.0 Å². The molecule has 0 aromatic carbocycles. The van der Waals surface area contributed by atoms with Crippen molar-refractivity contribution in [2.75, 3.05) is 0 Å². The predicted octanol–water partition coefficient (Wildman–Crippen LogP) is 13.7. The molecule has 2 heterocycles. The summed E-state index contributed by atoms with van der Waals surface area (Å²) >= 11 is 5.20. The lowest BCUT2D eigenvalue weighted by molar-refractivity contribution is -0.0164. The van der Waals surface area contributed by atoms with E-state index in [2.05, 4.69) is 28.4 Å². The average Bonchev–Trinajstić information content (AvgIpc) is 3.78. The Labute approximate surface area is 324 Å². The van der Waals surface area contributed by atoms with Crippen LogP contribution < -0.4 is 0 Å². The van der Waals surface area contributed by atoms with E-state index in [0.29, 0.717) is 0 Å². The Bertz CT molecular complexity index is 1110. The van der Waals surface area contributed by atoms with Crippen LogP contribution in [0.3, 0.4) is 0 Å². The SMILES string of the molecule is C1CCC(C2CCC(N(C3CCC(C4CCCCC4C4CCCCC4)CC3)C3CCCC4C5CCC6SC7CCCCC7C6C5SC43)CC2)CC1. The van der Waals surface area contributed by atoms with Gasteiger partial charge in [0.1, 0.15) is 0 Å². The highest BCUT2D eigenvalue weighted by atomic mass is 32.2. The Morgan fingerprint density at radius 2 is 0.804 bits per heavy atom. The van der Waals surface area contributed by atoms with E-state index < -0.39 is 0 Å². The Hall–Kier alpha value is 0.660. The monoisotopic (exact) mass is 734 g/mol. The molecule has 288 valence electrons. The number of fused-ring (bicyclic) bond motifs is 7. The molecular weight excluding hydrogens is 655 g/mol. The van der Waals surface area contributed by atoms with Gasteiger partial charge in [0.2, 0.25) is 0 Å². The summed E-state index contributed by atoms with van der Waals surface area (Å²) in [6.45, 7) is 0. The summed E-state index contributed by atoms with van der Waals surface area (Å²) in [6, 6.07) is 2.75. The first-order chi connectivity index (χ1) is 25.3. The molecule has 8 aliphatic carbocycles. The summed E-state index contributed by atoms with van der Waals surface area (Å²) < 4.78 is 0. The molecule has 10 rings (SSSR count). The molecule has 0 amide bonds. The number of hydrogen-bond donors (Lipinski definition) is 0. The van der Waals surface area contributed by atoms with Gasteiger partial charge in [0.15, 0.2) is 0 Å². The third kappa shape index (κ3) is 7.14. The number of hydrogen-bond acceptors (Lipinski definition) is 3. The van der Waals surface area contributed by atoms with Crippen molar-refractivity contribution in [3.63, 3.8) is 0 Å². The van der Waals surface area contributed by atoms with Crippen LogP contribution in [0.4, 0.5) is 0 Å². The summed E-state index contributed by atoms with van der Waals surface area (Å²) in [6.07, 6.45) is 48.5. The molecule has 0 aromatic heterocycles. The zero-order valence-electron chi connectivity index (χ0n) is 33.0. The average molecular weight is 734 g/mol. The molecule has 3 heteroatoms. The van der Waals surface area contributed by atoms with E-state index in [1.165, 1.54) is 32.1 Å². The third-order valence-electron chi connectivity index (χ3n) is 19.1. The molecule has 0 radical (unpaired) electrons. The van der Waals surface area contributed by atoms with Gasteiger partial charge in [0.05, 0.1) is 0 Å². The molecule has 1 nitrogen and oxygen atoms in total. The molecule has 11 atom stereocenters. The first-order valence-electron chi connectivity index (χ1n) is 24.4. The van der Waals surface area contributed by atoms with Crippen LogP contribution in [0.5, 0.6) is 0 Å². The van der Waals surface area contributed by atoms with Crippen molar-refractivity contribution >= 4 is 23.5 Å². The first-order valence-corrected chi connectivity index (χ1v) is 26.3. The van der Waals surface area contributed by atoms with Gasteiger partial charge in [-0.25, -0.2) is 0 Å². The summed E-state index contributed by atoms with van der Waals surface area (Å²) in [4.78, 5) is 3.46. The standard InChI is InChI=1S/C48H79NS2/c1-3-12-32(13-4-1)33-22-26-36(27-23-33)49(37-28-24-35(25-29-37)39-17-8-7-16-38(39)34-14-5-2-6-15-34)43-20-11-19-40-41-30-31-45-46(48(41)51-47(40)43)42-18-9-10-21-44(42)50-45/h32-48H,1-31H2. The van der Waals surface area contributed by atoms with Crippen LogP contribution in [0.1, 0.15) is 199 Å². The van der Waals surface area contributed by atoms with Crippen molar-refractivity contribution in [3.05, 3.63) is 0 Å². The molecule has 8 saturated carbocycles. The van der Waals surface area contributed by atoms with E-state index in [-0.39, 0.29) is 0 Å². The minimum atomic E-state index is 0.913. The zero-order chi connectivity index (χ0) is 33.7. The normalized spacial score (nSPS) is 49.9. The molecule has 10 aliphatic rings. The lowest BCUT2D eigenvalue weighted by Crippen LogP contribution is -2.57. The van der Waals surface area contributed by atoms with Crippen molar-refractivity contribution in [3.8, 4) is 0 Å². The van der Waals surface area contributed by atoms with Crippen molar-refractivity contribution in [2.24, 2.45) is 59.2 Å². The van der Waals surface area contributed by atoms with Crippen LogP contribution in [-0.2, 0) is 0 Å². The van der Waals surface area contributed by atoms with Crippen LogP contribution >= 0.6 is 23.5 Å². The van der Waals surface area contributed by atoms with E-state index in [0.717, 1.165) is 98.3 Å². The number of thioether (sulfide) groups is 2. The second-order valence-corrected chi connectivity index (χ2v) is 24.0. The van der Waals surface area contributed by atoms with Gasteiger partial charge >= 0.3 is 0 Å². The van der Waals surface area contributed by atoms with Crippen LogP contribution in [0.15, 0.2) is 0 Å². The molecule has 2 saturated heterocycles. The lowest BCUT2D eigenvalue weighted by Gasteiger charge is -2.53. The highest BCUT2D eigenvalue weighted by Gasteiger charge is 2.60. The molecule has 11 unspecified atom stereocenters. The van der Waals surface area contributed by atoms with Crippen molar-refractivity contribution in [1.82, 2.24) is 4.90 Å². The molecule has 0 N–H and O–H groups in total. The van der Waals surface area contributed by atoms with Gasteiger partial charge in [-0.05, 0) is 162 Å². The Morgan fingerprint density at radius 3 is 1.49 bits per heavy atom. The van der Waals surface area contributed by atoms with E-state index >= 15 is 0 Å². The smallest absolute Gasteiger partial charge is 0.0237 e. The second kappa shape index (κ2) is 16.3. The highest BCUT2D eigenvalue weighted by Crippen LogP contribution is 2.65. The van der Waals surface area contributed by atoms with Crippen molar-refractivity contribution in [2.45, 2.75) is 238 Å². The fourth-order valence-electron chi connectivity index (χ4n) is 16.9. The van der Waals surface area contributed by atoms with E-state index in [1.807, 2.05) is 0 Å². The van der Waals surface area contributed by atoms with E-state index in [1.54, 1.807) is 167 Å². The summed E-state index contributed by atoms with van der Waals surface area (Å²) in [5.41, 5.74) is 0. The Balaban J connectivity index is 0.873. The Morgan fingerprint density at radius 1 is 0.294 bits per heavy atom. The summed E-state index contributed by atoms with van der Waals surface area (Å²) in [7, 11) is 0. The molecule has 51 heavy (non-hydrogen) atoms. The van der Waals surface area contributed by atoms with Crippen LogP contribution in [0.25, 0.3) is 0 Å². The van der Waals surface area contributed by atoms with Gasteiger partial charge in [0, 0.05) is 39.1 Å². The first kappa shape index (κ1) is 36.0. The number of nitrogens with zero attached hydrogens (tertiary/aromatic N) is 1. The van der Waals surface area contributed by atoms with Crippen LogP contribution in [0, 0.1) is 59.2 Å². The summed E-state index contributed by atoms with van der Waals surface area (Å²) in [5.74, 6) is 10.8. The molecular formula is C48H79NS2. The Kier molecular flexibility index (Phi) is 11.5. The van der Waals surface area contributed by atoms with Gasteiger partial charge in [-0.3, -0.25) is 4.90 Å². The van der Waals surface area contributed by atoms with Gasteiger partial charge < -0.3 is 0 Å². The van der Waals surface area contributed by atoms with E-state index in [9.17, 15) is 0 Å². The largest absolute Gasteiger partial charge is 0.293 e. The minimum absolute atomic E-state index is 0.913. The van der Waals surface area contributed by atoms with Crippen molar-refractivity contribution in [1.29, 1.82) is 0 Å². The molecule has 0 spiro atoms. The van der Waals surface area contributed by atoms with Crippen molar-refractivity contribution < 1.29 is 0 Å². The van der Waals surface area contributed by atoms with Crippen LogP contribution in [0.2, 0.25) is 0 Å². The second-order valence-electron chi connectivity index (χ2n) is 21.2. The summed E-state index contributed by atoms with van der Waals surface area (Å²) in [5, 5.41) is 4.08. The molecule has 2 aliphatic heterocycles. The molecule has 0 aromatic rings. The van der Waals surface area contributed by atoms with E-state index in [4.69, 9.17) is 0 Å². The molecule has 0 bridgehead atoms. The van der Waals surface area contributed by atoms with Gasteiger partial charge in [-0.15, -0.1) is 0 Å². The third-order valence-corrected chi connectivity index (χ3v) is 22.9. The fraction of sp³-hybridized carbons (Fsp3) is 1.00. The number of rotatable bonds is 6. The maximum Gasteiger partial charge on any atom is 0.0237 e. The predicted molar refractivity (Wildman–Crippen MR) is 222 cm³/mol. The topological polar surface area (TPSA) is 3.24 Å². The lowest BCUT2D eigenvalue weighted by atomic mass is 9.61. The fourth-order valence-corrected chi connectivity index (χ4v) is 21.6. The maximum absolute atomic E-state index is 3.46. The van der Waals surface area contributed by atoms with Gasteiger partial charge in [-0.1, -0.05) is 96.3 Å². The molecule has 10 fully saturated rings. The van der Waals surface area contributed by atoms with Gasteiger partial charge in [-0.2, -0.15) is 23.5 Å². The zero-order valence-corrected chi connectivity index (χ0v) is 34.6. The highest BCUT2D eigenvalue weighted by molar-refractivity contribution is 8.02.